The van der Waals surface area contributed by atoms with E-state index in [-0.39, 0.29) is 17.9 Å². The molecule has 3 nitrogen and oxygen atoms in total. The van der Waals surface area contributed by atoms with Crippen molar-refractivity contribution >= 4 is 5.91 Å². The van der Waals surface area contributed by atoms with Crippen LogP contribution in [0.3, 0.4) is 0 Å². The van der Waals surface area contributed by atoms with Crippen molar-refractivity contribution in [3.8, 4) is 5.75 Å². The molecule has 2 atom stereocenters. The molecule has 0 aliphatic rings. The van der Waals surface area contributed by atoms with Crippen molar-refractivity contribution in [2.75, 3.05) is 6.61 Å². The van der Waals surface area contributed by atoms with Crippen molar-refractivity contribution in [3.63, 3.8) is 0 Å². The normalized spacial score (nSPS) is 13.2. The van der Waals surface area contributed by atoms with Gasteiger partial charge in [-0.2, -0.15) is 0 Å². The van der Waals surface area contributed by atoms with Gasteiger partial charge in [0, 0.05) is 6.42 Å². The SMILES string of the molecule is CCOc1ccc(C(C)NC(=O)CC(C)c2ccccc2)cc1. The Morgan fingerprint density at radius 3 is 2.26 bits per heavy atom. The van der Waals surface area contributed by atoms with Crippen molar-refractivity contribution in [2.24, 2.45) is 0 Å². The first-order chi connectivity index (χ1) is 11.1. The lowest BCUT2D eigenvalue weighted by atomic mass is 9.97. The number of carbonyl (C=O) groups is 1. The zero-order valence-electron chi connectivity index (χ0n) is 14.1. The molecule has 2 aromatic carbocycles. The van der Waals surface area contributed by atoms with Gasteiger partial charge in [0.05, 0.1) is 12.6 Å². The first-order valence-corrected chi connectivity index (χ1v) is 8.17. The smallest absolute Gasteiger partial charge is 0.221 e. The van der Waals surface area contributed by atoms with Crippen LogP contribution in [0.1, 0.15) is 50.3 Å². The molecule has 0 saturated heterocycles. The molecule has 2 aromatic rings. The molecule has 0 heterocycles. The lowest BCUT2D eigenvalue weighted by Gasteiger charge is -2.17. The van der Waals surface area contributed by atoms with E-state index in [0.29, 0.717) is 13.0 Å². The second-order valence-electron chi connectivity index (χ2n) is 5.81. The van der Waals surface area contributed by atoms with Gasteiger partial charge in [0.15, 0.2) is 0 Å². The highest BCUT2D eigenvalue weighted by molar-refractivity contribution is 5.77. The minimum absolute atomic E-state index is 0.0128. The molecular weight excluding hydrogens is 286 g/mol. The summed E-state index contributed by atoms with van der Waals surface area (Å²) in [4.78, 5) is 12.2. The Morgan fingerprint density at radius 2 is 1.65 bits per heavy atom. The highest BCUT2D eigenvalue weighted by Crippen LogP contribution is 2.20. The highest BCUT2D eigenvalue weighted by atomic mass is 16.5. The number of hydrogen-bond acceptors (Lipinski definition) is 2. The predicted molar refractivity (Wildman–Crippen MR) is 93.6 cm³/mol. The van der Waals surface area contributed by atoms with E-state index >= 15 is 0 Å². The van der Waals surface area contributed by atoms with Crippen LogP contribution in [0.5, 0.6) is 5.75 Å². The van der Waals surface area contributed by atoms with Crippen LogP contribution in [0.25, 0.3) is 0 Å². The highest BCUT2D eigenvalue weighted by Gasteiger charge is 2.14. The van der Waals surface area contributed by atoms with Gasteiger partial charge in [0.2, 0.25) is 5.91 Å². The number of carbonyl (C=O) groups excluding carboxylic acids is 1. The fourth-order valence-corrected chi connectivity index (χ4v) is 2.58. The quantitative estimate of drug-likeness (QED) is 0.820. The molecule has 0 bridgehead atoms. The first kappa shape index (κ1) is 17.1. The van der Waals surface area contributed by atoms with Gasteiger partial charge in [0.1, 0.15) is 5.75 Å². The summed E-state index contributed by atoms with van der Waals surface area (Å²) in [5.41, 5.74) is 2.27. The average Bonchev–Trinajstić information content (AvgIpc) is 2.56. The molecule has 0 aliphatic heterocycles. The number of benzene rings is 2. The van der Waals surface area contributed by atoms with Crippen LogP contribution in [0.2, 0.25) is 0 Å². The second-order valence-corrected chi connectivity index (χ2v) is 5.81. The zero-order chi connectivity index (χ0) is 16.7. The van der Waals surface area contributed by atoms with Crippen molar-refractivity contribution in [1.29, 1.82) is 0 Å². The van der Waals surface area contributed by atoms with Crippen molar-refractivity contribution in [2.45, 2.75) is 39.2 Å². The average molecular weight is 311 g/mol. The van der Waals surface area contributed by atoms with Crippen molar-refractivity contribution in [3.05, 3.63) is 65.7 Å². The molecule has 1 amide bonds. The predicted octanol–water partition coefficient (Wildman–Crippen LogP) is 4.46. The van der Waals surface area contributed by atoms with Crippen LogP contribution >= 0.6 is 0 Å². The first-order valence-electron chi connectivity index (χ1n) is 8.17. The van der Waals surface area contributed by atoms with Gasteiger partial charge in [-0.15, -0.1) is 0 Å². The Balaban J connectivity index is 1.89. The van der Waals surface area contributed by atoms with E-state index in [4.69, 9.17) is 4.74 Å². The third-order valence-corrected chi connectivity index (χ3v) is 3.93. The van der Waals surface area contributed by atoms with Gasteiger partial charge >= 0.3 is 0 Å². The Hall–Kier alpha value is -2.29. The van der Waals surface area contributed by atoms with Gasteiger partial charge < -0.3 is 10.1 Å². The maximum absolute atomic E-state index is 12.2. The molecule has 23 heavy (non-hydrogen) atoms. The molecule has 0 saturated carbocycles. The fraction of sp³-hybridized carbons (Fsp3) is 0.350. The van der Waals surface area contributed by atoms with Gasteiger partial charge in [-0.25, -0.2) is 0 Å². The minimum atomic E-state index is -0.0128. The van der Waals surface area contributed by atoms with E-state index in [1.165, 1.54) is 5.56 Å². The van der Waals surface area contributed by atoms with Crippen molar-refractivity contribution in [1.82, 2.24) is 5.32 Å². The minimum Gasteiger partial charge on any atom is -0.494 e. The summed E-state index contributed by atoms with van der Waals surface area (Å²) in [5.74, 6) is 1.14. The Bertz CT molecular complexity index is 607. The molecular formula is C20H25NO2. The Kier molecular flexibility index (Phi) is 6.21. The van der Waals surface area contributed by atoms with E-state index < -0.39 is 0 Å². The number of nitrogens with one attached hydrogen (secondary N) is 1. The summed E-state index contributed by atoms with van der Waals surface area (Å²) in [6.45, 7) is 6.70. The summed E-state index contributed by atoms with van der Waals surface area (Å²) in [6.07, 6.45) is 0.491. The van der Waals surface area contributed by atoms with Gasteiger partial charge in [-0.3, -0.25) is 4.79 Å². The monoisotopic (exact) mass is 311 g/mol. The molecule has 2 unspecified atom stereocenters. The summed E-state index contributed by atoms with van der Waals surface area (Å²) in [6, 6.07) is 18.0. The molecule has 0 aromatic heterocycles. The number of rotatable bonds is 7. The third kappa shape index (κ3) is 5.13. The summed E-state index contributed by atoms with van der Waals surface area (Å²) >= 11 is 0. The molecule has 0 fully saturated rings. The van der Waals surface area contributed by atoms with Crippen LogP contribution in [0, 0.1) is 0 Å². The lowest BCUT2D eigenvalue weighted by molar-refractivity contribution is -0.122. The largest absolute Gasteiger partial charge is 0.494 e. The molecule has 1 N–H and O–H groups in total. The van der Waals surface area contributed by atoms with E-state index in [2.05, 4.69) is 24.4 Å². The van der Waals surface area contributed by atoms with Gasteiger partial charge in [-0.1, -0.05) is 49.4 Å². The molecule has 122 valence electrons. The number of hydrogen-bond donors (Lipinski definition) is 1. The standard InChI is InChI=1S/C20H25NO2/c1-4-23-19-12-10-18(11-13-19)16(3)21-20(22)14-15(2)17-8-6-5-7-9-17/h5-13,15-16H,4,14H2,1-3H3,(H,21,22). The zero-order valence-corrected chi connectivity index (χ0v) is 14.1. The maximum Gasteiger partial charge on any atom is 0.221 e. The lowest BCUT2D eigenvalue weighted by Crippen LogP contribution is -2.27. The summed E-state index contributed by atoms with van der Waals surface area (Å²) in [5, 5.41) is 3.07. The van der Waals surface area contributed by atoms with E-state index in [0.717, 1.165) is 11.3 Å². The van der Waals surface area contributed by atoms with Crippen LogP contribution in [-0.2, 0) is 4.79 Å². The van der Waals surface area contributed by atoms with Crippen LogP contribution < -0.4 is 10.1 Å². The van der Waals surface area contributed by atoms with Crippen LogP contribution in [0.15, 0.2) is 54.6 Å². The van der Waals surface area contributed by atoms with Gasteiger partial charge in [0.25, 0.3) is 0 Å². The topological polar surface area (TPSA) is 38.3 Å². The number of amides is 1. The number of ether oxygens (including phenoxy) is 1. The van der Waals surface area contributed by atoms with Crippen LogP contribution in [0.4, 0.5) is 0 Å². The molecule has 0 radical (unpaired) electrons. The van der Waals surface area contributed by atoms with Gasteiger partial charge in [-0.05, 0) is 43.0 Å². The second kappa shape index (κ2) is 8.37. The van der Waals surface area contributed by atoms with E-state index in [1.807, 2.05) is 56.3 Å². The molecule has 0 aliphatic carbocycles. The Labute approximate surface area is 138 Å². The molecule has 2 rings (SSSR count). The van der Waals surface area contributed by atoms with E-state index in [9.17, 15) is 4.79 Å². The fourth-order valence-electron chi connectivity index (χ4n) is 2.58. The van der Waals surface area contributed by atoms with E-state index in [1.54, 1.807) is 0 Å². The Morgan fingerprint density at radius 1 is 1.00 bits per heavy atom. The maximum atomic E-state index is 12.2. The van der Waals surface area contributed by atoms with Crippen molar-refractivity contribution < 1.29 is 9.53 Å². The molecule has 0 spiro atoms. The summed E-state index contributed by atoms with van der Waals surface area (Å²) in [7, 11) is 0. The van der Waals surface area contributed by atoms with Crippen LogP contribution in [-0.4, -0.2) is 12.5 Å². The molecule has 3 heteroatoms. The third-order valence-electron chi connectivity index (χ3n) is 3.93. The summed E-state index contributed by atoms with van der Waals surface area (Å²) < 4.78 is 5.44.